The van der Waals surface area contributed by atoms with E-state index in [1.807, 2.05) is 0 Å². The number of fused-ring (bicyclic) bond motifs is 3. The lowest BCUT2D eigenvalue weighted by Gasteiger charge is -2.26. The van der Waals surface area contributed by atoms with E-state index in [2.05, 4.69) is 137 Å². The van der Waals surface area contributed by atoms with Gasteiger partial charge in [0.15, 0.2) is 0 Å². The Morgan fingerprint density at radius 1 is 0.606 bits per heavy atom. The predicted octanol–water partition coefficient (Wildman–Crippen LogP) is 8.43. The van der Waals surface area contributed by atoms with E-state index >= 15 is 0 Å². The largest absolute Gasteiger partial charge is 0.355 e. The monoisotopic (exact) mass is 424 g/mol. The first-order valence-electron chi connectivity index (χ1n) is 11.4. The lowest BCUT2D eigenvalue weighted by molar-refractivity contribution is 1.27. The molecule has 1 aliphatic carbocycles. The van der Waals surface area contributed by atoms with Crippen molar-refractivity contribution >= 4 is 34.0 Å². The number of H-pyrrole nitrogens is 1. The first-order chi connectivity index (χ1) is 16.4. The van der Waals surface area contributed by atoms with Crippen molar-refractivity contribution in [1.29, 1.82) is 0 Å². The van der Waals surface area contributed by atoms with Crippen LogP contribution in [0.25, 0.3) is 28.1 Å². The van der Waals surface area contributed by atoms with Crippen LogP contribution < -0.4 is 4.90 Å². The smallest absolute Gasteiger partial charge is 0.0469 e. The van der Waals surface area contributed by atoms with E-state index < -0.39 is 0 Å². The van der Waals surface area contributed by atoms with Crippen LogP contribution in [0.15, 0.2) is 121 Å². The highest BCUT2D eigenvalue weighted by Gasteiger charge is 2.16. The molecule has 2 nitrogen and oxygen atoms in total. The fourth-order valence-electron chi connectivity index (χ4n) is 4.63. The lowest BCUT2D eigenvalue weighted by atomic mass is 10.0. The van der Waals surface area contributed by atoms with Gasteiger partial charge in [-0.15, -0.1) is 0 Å². The van der Waals surface area contributed by atoms with Crippen LogP contribution in [0.3, 0.4) is 0 Å². The zero-order chi connectivity index (χ0) is 22.0. The summed E-state index contributed by atoms with van der Waals surface area (Å²) in [5.41, 5.74) is 9.61. The standard InChI is InChI=1S/C31H24N2/c1-4-10-23(11-5-1)24-16-18-26(19-17-24)33(25-12-6-2-7-13-25)27-20-21-31-29(22-27)28-14-8-3-9-15-30(28)32-31/h1-13,15-22,32H,14H2. The Labute approximate surface area is 194 Å². The molecule has 5 aromatic rings. The molecule has 0 radical (unpaired) electrons. The fraction of sp³-hybridized carbons (Fsp3) is 0.0323. The highest BCUT2D eigenvalue weighted by molar-refractivity contribution is 5.92. The van der Waals surface area contributed by atoms with E-state index in [0.717, 1.165) is 23.5 Å². The molecule has 158 valence electrons. The van der Waals surface area contributed by atoms with Crippen molar-refractivity contribution in [2.75, 3.05) is 4.90 Å². The minimum atomic E-state index is 0.933. The molecule has 0 spiro atoms. The lowest BCUT2D eigenvalue weighted by Crippen LogP contribution is -2.09. The Kier molecular flexibility index (Phi) is 4.89. The Bertz CT molecular complexity index is 1460. The molecule has 1 N–H and O–H groups in total. The van der Waals surface area contributed by atoms with Crippen molar-refractivity contribution in [3.63, 3.8) is 0 Å². The van der Waals surface area contributed by atoms with Crippen molar-refractivity contribution < 1.29 is 0 Å². The van der Waals surface area contributed by atoms with Crippen LogP contribution >= 0.6 is 0 Å². The maximum atomic E-state index is 3.58. The molecule has 0 saturated carbocycles. The van der Waals surface area contributed by atoms with Gasteiger partial charge in [0.1, 0.15) is 0 Å². The predicted molar refractivity (Wildman–Crippen MR) is 140 cm³/mol. The van der Waals surface area contributed by atoms with E-state index in [4.69, 9.17) is 0 Å². The molecular weight excluding hydrogens is 400 g/mol. The third-order valence-corrected chi connectivity index (χ3v) is 6.26. The van der Waals surface area contributed by atoms with Gasteiger partial charge in [0.2, 0.25) is 0 Å². The molecule has 2 heteroatoms. The quantitative estimate of drug-likeness (QED) is 0.307. The van der Waals surface area contributed by atoms with Crippen LogP contribution in [0.1, 0.15) is 11.3 Å². The van der Waals surface area contributed by atoms with Crippen LogP contribution in [-0.4, -0.2) is 4.98 Å². The summed E-state index contributed by atoms with van der Waals surface area (Å²) in [5.74, 6) is 0. The van der Waals surface area contributed by atoms with Crippen LogP contribution in [0.4, 0.5) is 17.1 Å². The number of allylic oxidation sites excluding steroid dienone is 3. The number of hydrogen-bond acceptors (Lipinski definition) is 1. The molecule has 0 fully saturated rings. The Morgan fingerprint density at radius 3 is 2.06 bits per heavy atom. The number of nitrogens with zero attached hydrogens (tertiary/aromatic N) is 1. The topological polar surface area (TPSA) is 19.0 Å². The molecule has 33 heavy (non-hydrogen) atoms. The maximum Gasteiger partial charge on any atom is 0.0469 e. The van der Waals surface area contributed by atoms with Gasteiger partial charge in [-0.2, -0.15) is 0 Å². The Balaban J connectivity index is 1.47. The van der Waals surface area contributed by atoms with Gasteiger partial charge in [-0.05, 0) is 71.7 Å². The molecule has 0 amide bonds. The molecule has 6 rings (SSSR count). The zero-order valence-electron chi connectivity index (χ0n) is 18.3. The summed E-state index contributed by atoms with van der Waals surface area (Å²) < 4.78 is 0. The van der Waals surface area contributed by atoms with Gasteiger partial charge in [0, 0.05) is 33.7 Å². The van der Waals surface area contributed by atoms with E-state index in [0.29, 0.717) is 0 Å². The highest BCUT2D eigenvalue weighted by Crippen LogP contribution is 2.38. The molecular formula is C31H24N2. The number of benzene rings is 4. The molecule has 0 aliphatic heterocycles. The Morgan fingerprint density at radius 2 is 1.27 bits per heavy atom. The van der Waals surface area contributed by atoms with E-state index in [1.165, 1.54) is 33.3 Å². The molecule has 4 aromatic carbocycles. The second-order valence-electron chi connectivity index (χ2n) is 8.32. The second-order valence-corrected chi connectivity index (χ2v) is 8.32. The van der Waals surface area contributed by atoms with Crippen LogP contribution in [-0.2, 0) is 6.42 Å². The third-order valence-electron chi connectivity index (χ3n) is 6.26. The Hall–Kier alpha value is -4.30. The van der Waals surface area contributed by atoms with Gasteiger partial charge in [0.25, 0.3) is 0 Å². The summed E-state index contributed by atoms with van der Waals surface area (Å²) in [5, 5.41) is 1.28. The number of para-hydroxylation sites is 1. The van der Waals surface area contributed by atoms with E-state index in [9.17, 15) is 0 Å². The molecule has 1 aliphatic rings. The second kappa shape index (κ2) is 8.33. The summed E-state index contributed by atoms with van der Waals surface area (Å²) in [6, 6.07) is 36.7. The normalized spacial score (nSPS) is 12.5. The fourth-order valence-corrected chi connectivity index (χ4v) is 4.63. The van der Waals surface area contributed by atoms with Crippen LogP contribution in [0.5, 0.6) is 0 Å². The number of nitrogens with one attached hydrogen (secondary N) is 1. The summed E-state index contributed by atoms with van der Waals surface area (Å²) in [6.07, 6.45) is 9.54. The molecule has 0 unspecified atom stereocenters. The summed E-state index contributed by atoms with van der Waals surface area (Å²) >= 11 is 0. The van der Waals surface area contributed by atoms with Gasteiger partial charge >= 0.3 is 0 Å². The van der Waals surface area contributed by atoms with Gasteiger partial charge in [-0.25, -0.2) is 0 Å². The van der Waals surface area contributed by atoms with Gasteiger partial charge < -0.3 is 9.88 Å². The number of aromatic nitrogens is 1. The highest BCUT2D eigenvalue weighted by atomic mass is 15.1. The van der Waals surface area contributed by atoms with E-state index in [-0.39, 0.29) is 0 Å². The number of rotatable bonds is 4. The molecule has 1 heterocycles. The number of hydrogen-bond donors (Lipinski definition) is 1. The van der Waals surface area contributed by atoms with Gasteiger partial charge in [-0.1, -0.05) is 78.9 Å². The van der Waals surface area contributed by atoms with Crippen LogP contribution in [0.2, 0.25) is 0 Å². The summed E-state index contributed by atoms with van der Waals surface area (Å²) in [4.78, 5) is 5.91. The van der Waals surface area contributed by atoms with Crippen molar-refractivity contribution in [3.05, 3.63) is 133 Å². The number of anilines is 3. The van der Waals surface area contributed by atoms with Gasteiger partial charge in [0.05, 0.1) is 0 Å². The maximum absolute atomic E-state index is 3.58. The SMILES string of the molecule is C1=CCc2c([nH]c3ccc(N(c4ccccc4)c4ccc(-c5ccccc5)cc4)cc23)C=C1. The molecule has 0 bridgehead atoms. The van der Waals surface area contributed by atoms with Crippen molar-refractivity contribution in [2.24, 2.45) is 0 Å². The number of aromatic amines is 1. The average molecular weight is 425 g/mol. The molecule has 1 aromatic heterocycles. The van der Waals surface area contributed by atoms with E-state index in [1.54, 1.807) is 0 Å². The minimum absolute atomic E-state index is 0.933. The summed E-state index contributed by atoms with van der Waals surface area (Å²) in [6.45, 7) is 0. The van der Waals surface area contributed by atoms with Crippen LogP contribution in [0, 0.1) is 0 Å². The molecule has 0 saturated heterocycles. The first kappa shape index (κ1) is 19.4. The minimum Gasteiger partial charge on any atom is -0.355 e. The first-order valence-corrected chi connectivity index (χ1v) is 11.4. The van der Waals surface area contributed by atoms with Crippen molar-refractivity contribution in [1.82, 2.24) is 4.98 Å². The third kappa shape index (κ3) is 3.66. The van der Waals surface area contributed by atoms with Crippen molar-refractivity contribution in [2.45, 2.75) is 6.42 Å². The zero-order valence-corrected chi connectivity index (χ0v) is 18.3. The molecule has 0 atom stereocenters. The van der Waals surface area contributed by atoms with Crippen molar-refractivity contribution in [3.8, 4) is 11.1 Å². The summed E-state index contributed by atoms with van der Waals surface area (Å²) in [7, 11) is 0. The van der Waals surface area contributed by atoms with Gasteiger partial charge in [-0.3, -0.25) is 0 Å². The average Bonchev–Trinajstić information content (AvgIpc) is 3.05.